The number of benzene rings is 1. The van der Waals surface area contributed by atoms with Crippen LogP contribution in [-0.4, -0.2) is 31.6 Å². The first-order valence-electron chi connectivity index (χ1n) is 5.85. The normalized spacial score (nSPS) is 11.8. The molecule has 0 spiro atoms. The van der Waals surface area contributed by atoms with Crippen LogP contribution in [0.25, 0.3) is 0 Å². The Balaban J connectivity index is 2.57. The molecule has 0 aromatic heterocycles. The molecule has 0 bridgehead atoms. The van der Waals surface area contributed by atoms with Crippen molar-refractivity contribution >= 4 is 11.9 Å². The quantitative estimate of drug-likeness (QED) is 0.812. The number of esters is 1. The van der Waals surface area contributed by atoms with Crippen molar-refractivity contribution in [3.8, 4) is 5.75 Å². The van der Waals surface area contributed by atoms with E-state index in [4.69, 9.17) is 0 Å². The van der Waals surface area contributed by atoms with Crippen LogP contribution < -0.4 is 10.1 Å². The van der Waals surface area contributed by atoms with Crippen LogP contribution in [0, 0.1) is 0 Å². The van der Waals surface area contributed by atoms with Gasteiger partial charge in [0.15, 0.2) is 0 Å². The lowest BCUT2D eigenvalue weighted by atomic mass is 10.1. The minimum atomic E-state index is -2.91. The third-order valence-corrected chi connectivity index (χ3v) is 2.42. The van der Waals surface area contributed by atoms with Crippen molar-refractivity contribution < 1.29 is 27.8 Å². The first-order chi connectivity index (χ1) is 9.42. The molecular formula is C13H15F2NO4. The minimum absolute atomic E-state index is 0.0286. The molecule has 0 saturated carbocycles. The lowest BCUT2D eigenvalue weighted by molar-refractivity contribution is -0.141. The van der Waals surface area contributed by atoms with Gasteiger partial charge < -0.3 is 14.8 Å². The molecule has 1 aromatic carbocycles. The van der Waals surface area contributed by atoms with Crippen molar-refractivity contribution in [2.75, 3.05) is 7.11 Å². The number of carbonyl (C=O) groups is 2. The molecule has 0 saturated heterocycles. The van der Waals surface area contributed by atoms with E-state index in [2.05, 4.69) is 14.8 Å². The summed E-state index contributed by atoms with van der Waals surface area (Å²) in [4.78, 5) is 22.8. The molecule has 0 aliphatic rings. The van der Waals surface area contributed by atoms with Crippen molar-refractivity contribution in [3.63, 3.8) is 0 Å². The molecule has 5 nitrogen and oxygen atoms in total. The van der Waals surface area contributed by atoms with Gasteiger partial charge in [-0.15, -0.1) is 0 Å². The molecule has 0 aliphatic heterocycles. The second kappa shape index (κ2) is 7.42. The number of rotatable bonds is 6. The van der Waals surface area contributed by atoms with Gasteiger partial charge in [-0.1, -0.05) is 0 Å². The highest BCUT2D eigenvalue weighted by Crippen LogP contribution is 2.15. The number of methoxy groups -OCH3 is 1. The average Bonchev–Trinajstić information content (AvgIpc) is 2.38. The van der Waals surface area contributed by atoms with E-state index in [0.29, 0.717) is 0 Å². The molecule has 0 fully saturated rings. The summed E-state index contributed by atoms with van der Waals surface area (Å²) in [5.41, 5.74) is 0.281. The summed E-state index contributed by atoms with van der Waals surface area (Å²) in [6, 6.07) is 4.86. The Bertz CT molecular complexity index is 462. The summed E-state index contributed by atoms with van der Waals surface area (Å²) in [5.74, 6) is -0.873. The van der Waals surface area contributed by atoms with E-state index in [9.17, 15) is 18.4 Å². The maximum atomic E-state index is 12.0. The van der Waals surface area contributed by atoms with Gasteiger partial charge in [0.1, 0.15) is 5.75 Å². The number of ether oxygens (including phenoxy) is 2. The smallest absolute Gasteiger partial charge is 0.387 e. The molecule has 1 unspecified atom stereocenters. The number of alkyl halides is 2. The largest absolute Gasteiger partial charge is 0.469 e. The number of hydrogen-bond acceptors (Lipinski definition) is 4. The molecule has 0 heterocycles. The van der Waals surface area contributed by atoms with Crippen LogP contribution in [0.2, 0.25) is 0 Å². The van der Waals surface area contributed by atoms with Crippen LogP contribution in [0.5, 0.6) is 5.75 Å². The Morgan fingerprint density at radius 3 is 2.35 bits per heavy atom. The molecule has 1 atom stereocenters. The predicted octanol–water partition coefficient (Wildman–Crippen LogP) is 1.97. The number of halogens is 2. The van der Waals surface area contributed by atoms with Crippen LogP contribution in [0.3, 0.4) is 0 Å². The maximum absolute atomic E-state index is 12.0. The van der Waals surface area contributed by atoms with Gasteiger partial charge in [0, 0.05) is 11.6 Å². The van der Waals surface area contributed by atoms with Crippen LogP contribution in [0.4, 0.5) is 8.78 Å². The molecule has 110 valence electrons. The lowest BCUT2D eigenvalue weighted by Gasteiger charge is -2.12. The molecule has 0 radical (unpaired) electrons. The minimum Gasteiger partial charge on any atom is -0.469 e. The highest BCUT2D eigenvalue weighted by atomic mass is 19.3. The van der Waals surface area contributed by atoms with E-state index in [1.165, 1.54) is 31.4 Å². The number of carbonyl (C=O) groups excluding carboxylic acids is 2. The fraction of sp³-hybridized carbons (Fsp3) is 0.385. The average molecular weight is 287 g/mol. The zero-order valence-electron chi connectivity index (χ0n) is 11.1. The van der Waals surface area contributed by atoms with Crippen molar-refractivity contribution in [1.29, 1.82) is 0 Å². The molecule has 1 N–H and O–H groups in total. The fourth-order valence-corrected chi connectivity index (χ4v) is 1.48. The van der Waals surface area contributed by atoms with E-state index in [1.54, 1.807) is 6.92 Å². The van der Waals surface area contributed by atoms with E-state index >= 15 is 0 Å². The molecule has 20 heavy (non-hydrogen) atoms. The molecule has 0 aliphatic carbocycles. The van der Waals surface area contributed by atoms with E-state index in [1.807, 2.05) is 0 Å². The van der Waals surface area contributed by atoms with Gasteiger partial charge in [0.25, 0.3) is 5.91 Å². The number of hydrogen-bond donors (Lipinski definition) is 1. The molecular weight excluding hydrogens is 272 g/mol. The molecule has 1 amide bonds. The Morgan fingerprint density at radius 1 is 1.25 bits per heavy atom. The monoisotopic (exact) mass is 287 g/mol. The molecule has 1 aromatic rings. The number of amides is 1. The van der Waals surface area contributed by atoms with Crippen molar-refractivity contribution in [2.45, 2.75) is 26.0 Å². The Labute approximate surface area is 114 Å². The summed E-state index contributed by atoms with van der Waals surface area (Å²) in [5, 5.41) is 2.59. The zero-order valence-corrected chi connectivity index (χ0v) is 11.1. The van der Waals surface area contributed by atoms with Gasteiger partial charge in [0.05, 0.1) is 13.5 Å². The van der Waals surface area contributed by atoms with Gasteiger partial charge in [-0.25, -0.2) is 0 Å². The van der Waals surface area contributed by atoms with Crippen LogP contribution in [0.15, 0.2) is 24.3 Å². The summed E-state index contributed by atoms with van der Waals surface area (Å²) in [6.45, 7) is -1.25. The van der Waals surface area contributed by atoms with E-state index in [0.717, 1.165) is 0 Å². The Kier molecular flexibility index (Phi) is 5.89. The summed E-state index contributed by atoms with van der Waals surface area (Å²) in [6.07, 6.45) is 0.0504. The van der Waals surface area contributed by atoms with Crippen molar-refractivity contribution in [3.05, 3.63) is 29.8 Å². The van der Waals surface area contributed by atoms with Gasteiger partial charge in [-0.05, 0) is 31.2 Å². The van der Waals surface area contributed by atoms with Crippen molar-refractivity contribution in [1.82, 2.24) is 5.32 Å². The van der Waals surface area contributed by atoms with Crippen molar-refractivity contribution in [2.24, 2.45) is 0 Å². The fourth-order valence-electron chi connectivity index (χ4n) is 1.48. The topological polar surface area (TPSA) is 64.6 Å². The maximum Gasteiger partial charge on any atom is 0.387 e. The first-order valence-corrected chi connectivity index (χ1v) is 5.85. The SMILES string of the molecule is COC(=O)CC(C)NC(=O)c1ccc(OC(F)F)cc1. The highest BCUT2D eigenvalue weighted by Gasteiger charge is 2.13. The second-order valence-corrected chi connectivity index (χ2v) is 4.06. The standard InChI is InChI=1S/C13H15F2NO4/c1-8(7-11(17)19-2)16-12(18)9-3-5-10(6-4-9)20-13(14)15/h3-6,8,13H,7H2,1-2H3,(H,16,18). The van der Waals surface area contributed by atoms with Gasteiger partial charge >= 0.3 is 12.6 Å². The summed E-state index contributed by atoms with van der Waals surface area (Å²) < 4.78 is 32.6. The first kappa shape index (κ1) is 15.9. The summed E-state index contributed by atoms with van der Waals surface area (Å²) in [7, 11) is 1.26. The van der Waals surface area contributed by atoms with Crippen LogP contribution in [-0.2, 0) is 9.53 Å². The van der Waals surface area contributed by atoms with Gasteiger partial charge in [0.2, 0.25) is 0 Å². The molecule has 7 heteroatoms. The molecule has 1 rings (SSSR count). The summed E-state index contributed by atoms with van der Waals surface area (Å²) >= 11 is 0. The lowest BCUT2D eigenvalue weighted by Crippen LogP contribution is -2.34. The van der Waals surface area contributed by atoms with Crippen LogP contribution >= 0.6 is 0 Å². The van der Waals surface area contributed by atoms with Crippen LogP contribution in [0.1, 0.15) is 23.7 Å². The Morgan fingerprint density at radius 2 is 1.85 bits per heavy atom. The third kappa shape index (κ3) is 5.21. The van der Waals surface area contributed by atoms with E-state index < -0.39 is 24.5 Å². The predicted molar refractivity (Wildman–Crippen MR) is 66.6 cm³/mol. The number of nitrogens with one attached hydrogen (secondary N) is 1. The van der Waals surface area contributed by atoms with E-state index in [-0.39, 0.29) is 17.7 Å². The third-order valence-electron chi connectivity index (χ3n) is 2.42. The zero-order chi connectivity index (χ0) is 15.1. The van der Waals surface area contributed by atoms with Gasteiger partial charge in [-0.2, -0.15) is 8.78 Å². The highest BCUT2D eigenvalue weighted by molar-refractivity contribution is 5.94. The Hall–Kier alpha value is -2.18. The second-order valence-electron chi connectivity index (χ2n) is 4.06. The van der Waals surface area contributed by atoms with Gasteiger partial charge in [-0.3, -0.25) is 9.59 Å².